The lowest BCUT2D eigenvalue weighted by atomic mass is 9.92. The zero-order chi connectivity index (χ0) is 23.7. The second-order valence-electron chi connectivity index (χ2n) is 8.91. The van der Waals surface area contributed by atoms with Crippen molar-refractivity contribution in [3.05, 3.63) is 52.7 Å². The summed E-state index contributed by atoms with van der Waals surface area (Å²) in [7, 11) is 0. The van der Waals surface area contributed by atoms with Gasteiger partial charge in [-0.2, -0.15) is 5.26 Å². The molecule has 0 saturated carbocycles. The Morgan fingerprint density at radius 2 is 2.03 bits per heavy atom. The SMILES string of the molecule is Cc1cn2c3c(cc(F)c(-c4ccc(F)c5sc(N)c(C#N)c45)c13)C(=O)N1CCNCC1CC2. The number of amides is 1. The number of piperazine rings is 1. The average Bonchev–Trinajstić information content (AvgIpc) is 3.34. The van der Waals surface area contributed by atoms with Gasteiger partial charge in [0.05, 0.1) is 21.3 Å². The van der Waals surface area contributed by atoms with Crippen LogP contribution in [0.3, 0.4) is 0 Å². The number of aryl methyl sites for hydroxylation is 2. The van der Waals surface area contributed by atoms with Crippen LogP contribution in [0.5, 0.6) is 0 Å². The second-order valence-corrected chi connectivity index (χ2v) is 9.96. The lowest BCUT2D eigenvalue weighted by Crippen LogP contribution is -2.54. The van der Waals surface area contributed by atoms with E-state index in [1.54, 1.807) is 0 Å². The van der Waals surface area contributed by atoms with Crippen molar-refractivity contribution < 1.29 is 13.6 Å². The zero-order valence-corrected chi connectivity index (χ0v) is 19.2. The summed E-state index contributed by atoms with van der Waals surface area (Å²) in [6.45, 7) is 4.57. The number of halogens is 2. The largest absolute Gasteiger partial charge is 0.389 e. The number of nitriles is 1. The van der Waals surface area contributed by atoms with Crippen molar-refractivity contribution in [1.82, 2.24) is 14.8 Å². The number of nitrogens with two attached hydrogens (primary N) is 1. The Kier molecular flexibility index (Phi) is 4.66. The van der Waals surface area contributed by atoms with Gasteiger partial charge in [-0.1, -0.05) is 6.07 Å². The number of benzene rings is 2. The maximum Gasteiger partial charge on any atom is 0.256 e. The summed E-state index contributed by atoms with van der Waals surface area (Å²) in [5.74, 6) is -1.26. The van der Waals surface area contributed by atoms with E-state index in [9.17, 15) is 14.4 Å². The highest BCUT2D eigenvalue weighted by Gasteiger charge is 2.33. The van der Waals surface area contributed by atoms with Crippen molar-refractivity contribution in [3.63, 3.8) is 0 Å². The molecule has 34 heavy (non-hydrogen) atoms. The van der Waals surface area contributed by atoms with Gasteiger partial charge in [0.15, 0.2) is 0 Å². The van der Waals surface area contributed by atoms with Gasteiger partial charge < -0.3 is 20.5 Å². The predicted molar refractivity (Wildman–Crippen MR) is 129 cm³/mol. The van der Waals surface area contributed by atoms with E-state index in [0.717, 1.165) is 29.9 Å². The molecule has 3 N–H and O–H groups in total. The Labute approximate surface area is 198 Å². The van der Waals surface area contributed by atoms with Crippen molar-refractivity contribution in [1.29, 1.82) is 5.26 Å². The third-order valence-electron chi connectivity index (χ3n) is 7.03. The highest BCUT2D eigenvalue weighted by molar-refractivity contribution is 7.23. The summed E-state index contributed by atoms with van der Waals surface area (Å²) in [6.07, 6.45) is 2.73. The first-order valence-electron chi connectivity index (χ1n) is 11.1. The van der Waals surface area contributed by atoms with Crippen LogP contribution >= 0.6 is 11.3 Å². The fraction of sp³-hybridized carbons (Fsp3) is 0.280. The van der Waals surface area contributed by atoms with Crippen LogP contribution < -0.4 is 11.1 Å². The monoisotopic (exact) mass is 477 g/mol. The molecule has 1 saturated heterocycles. The van der Waals surface area contributed by atoms with Gasteiger partial charge in [0.1, 0.15) is 22.7 Å². The highest BCUT2D eigenvalue weighted by atomic mass is 32.1. The van der Waals surface area contributed by atoms with Crippen molar-refractivity contribution in [2.45, 2.75) is 25.9 Å². The number of nitrogens with zero attached hydrogens (tertiary/aromatic N) is 3. The molecule has 1 unspecified atom stereocenters. The topological polar surface area (TPSA) is 87.1 Å². The fourth-order valence-electron chi connectivity index (χ4n) is 5.53. The molecule has 0 bridgehead atoms. The van der Waals surface area contributed by atoms with Crippen molar-refractivity contribution in [3.8, 4) is 17.2 Å². The van der Waals surface area contributed by atoms with Gasteiger partial charge >= 0.3 is 0 Å². The molecule has 0 radical (unpaired) electrons. The number of anilines is 1. The number of aromatic nitrogens is 1. The Morgan fingerprint density at radius 3 is 2.82 bits per heavy atom. The van der Waals surface area contributed by atoms with E-state index in [1.165, 1.54) is 18.2 Å². The fourth-order valence-corrected chi connectivity index (χ4v) is 6.47. The number of fused-ring (bicyclic) bond motifs is 2. The Bertz CT molecular complexity index is 1560. The van der Waals surface area contributed by atoms with Crippen LogP contribution in [0.4, 0.5) is 13.8 Å². The molecule has 6 rings (SSSR count). The first-order valence-corrected chi connectivity index (χ1v) is 12.0. The number of carbonyl (C=O) groups excluding carboxylic acids is 1. The Hall–Kier alpha value is -3.48. The van der Waals surface area contributed by atoms with Crippen LogP contribution in [0.25, 0.3) is 32.1 Å². The van der Waals surface area contributed by atoms with Crippen LogP contribution in [-0.4, -0.2) is 41.1 Å². The van der Waals surface area contributed by atoms with Crippen LogP contribution in [0.1, 0.15) is 27.9 Å². The van der Waals surface area contributed by atoms with E-state index in [0.29, 0.717) is 47.1 Å². The lowest BCUT2D eigenvalue weighted by molar-refractivity contribution is 0.0615. The normalized spacial score (nSPS) is 18.1. The third kappa shape index (κ3) is 2.82. The molecule has 4 aromatic rings. The zero-order valence-electron chi connectivity index (χ0n) is 18.4. The minimum absolute atomic E-state index is 0.0542. The first-order chi connectivity index (χ1) is 16.4. The molecule has 172 valence electrons. The van der Waals surface area contributed by atoms with Gasteiger partial charge in [0, 0.05) is 54.8 Å². The van der Waals surface area contributed by atoms with Crippen LogP contribution in [-0.2, 0) is 6.54 Å². The third-order valence-corrected chi connectivity index (χ3v) is 8.05. The first kappa shape index (κ1) is 21.1. The summed E-state index contributed by atoms with van der Waals surface area (Å²) in [6, 6.07) is 6.19. The predicted octanol–water partition coefficient (Wildman–Crippen LogP) is 4.38. The summed E-state index contributed by atoms with van der Waals surface area (Å²) in [4.78, 5) is 15.4. The van der Waals surface area contributed by atoms with E-state index in [4.69, 9.17) is 5.73 Å². The molecule has 4 heterocycles. The van der Waals surface area contributed by atoms with E-state index in [-0.39, 0.29) is 32.8 Å². The highest BCUT2D eigenvalue weighted by Crippen LogP contribution is 2.45. The minimum atomic E-state index is -0.578. The number of rotatable bonds is 1. The standard InChI is InChI=1S/C25H21F2N5OS/c1-12-11-31-6-4-13-10-30-5-7-32(13)25(33)15-8-18(27)21(19(12)22(15)31)14-2-3-17(26)23-20(14)16(9-28)24(29)34-23/h2-3,8,11,13,30H,4-7,10,29H2,1H3. The Balaban J connectivity index is 1.69. The molecule has 1 fully saturated rings. The smallest absolute Gasteiger partial charge is 0.256 e. The molecular weight excluding hydrogens is 456 g/mol. The molecule has 0 spiro atoms. The maximum atomic E-state index is 16.0. The molecule has 0 aliphatic carbocycles. The van der Waals surface area contributed by atoms with E-state index >= 15 is 4.39 Å². The van der Waals surface area contributed by atoms with E-state index < -0.39 is 11.6 Å². The van der Waals surface area contributed by atoms with Gasteiger partial charge in [-0.25, -0.2) is 8.78 Å². The summed E-state index contributed by atoms with van der Waals surface area (Å²) in [5, 5.41) is 14.2. The van der Waals surface area contributed by atoms with Crippen molar-refractivity contribution >= 4 is 43.2 Å². The number of hydrogen-bond donors (Lipinski definition) is 2. The molecular formula is C25H21F2N5OS. The van der Waals surface area contributed by atoms with E-state index in [1.807, 2.05) is 22.6 Å². The summed E-state index contributed by atoms with van der Waals surface area (Å²) < 4.78 is 32.9. The molecule has 2 aromatic heterocycles. The van der Waals surface area contributed by atoms with Crippen LogP contribution in [0, 0.1) is 29.9 Å². The van der Waals surface area contributed by atoms with Crippen molar-refractivity contribution in [2.75, 3.05) is 25.4 Å². The summed E-state index contributed by atoms with van der Waals surface area (Å²) >= 11 is 0.983. The molecule has 2 aliphatic heterocycles. The summed E-state index contributed by atoms with van der Waals surface area (Å²) in [5.41, 5.74) is 8.65. The Morgan fingerprint density at radius 1 is 1.21 bits per heavy atom. The van der Waals surface area contributed by atoms with Crippen LogP contribution in [0.2, 0.25) is 0 Å². The minimum Gasteiger partial charge on any atom is -0.389 e. The van der Waals surface area contributed by atoms with Crippen molar-refractivity contribution in [2.24, 2.45) is 0 Å². The number of nitrogen functional groups attached to an aromatic ring is 1. The number of carbonyl (C=O) groups is 1. The van der Waals surface area contributed by atoms with Gasteiger partial charge in [0.25, 0.3) is 5.91 Å². The second kappa shape index (κ2) is 7.52. The molecule has 2 aliphatic rings. The molecule has 1 amide bonds. The molecule has 1 atom stereocenters. The maximum absolute atomic E-state index is 16.0. The number of nitrogens with one attached hydrogen (secondary N) is 1. The quantitative estimate of drug-likeness (QED) is 0.426. The number of hydrogen-bond acceptors (Lipinski definition) is 5. The van der Waals surface area contributed by atoms with Crippen LogP contribution in [0.15, 0.2) is 24.4 Å². The number of thiophene rings is 1. The molecule has 6 nitrogen and oxygen atoms in total. The molecule has 9 heteroatoms. The van der Waals surface area contributed by atoms with Gasteiger partial charge in [-0.3, -0.25) is 4.79 Å². The van der Waals surface area contributed by atoms with Gasteiger partial charge in [-0.05, 0) is 36.6 Å². The van der Waals surface area contributed by atoms with Gasteiger partial charge in [0.2, 0.25) is 0 Å². The average molecular weight is 478 g/mol. The lowest BCUT2D eigenvalue weighted by Gasteiger charge is -2.38. The molecule has 2 aromatic carbocycles. The van der Waals surface area contributed by atoms with Gasteiger partial charge in [-0.15, -0.1) is 11.3 Å². The van der Waals surface area contributed by atoms with E-state index in [2.05, 4.69) is 11.4 Å².